The van der Waals surface area contributed by atoms with Gasteiger partial charge in [-0.1, -0.05) is 48.5 Å². The first-order chi connectivity index (χ1) is 14.7. The van der Waals surface area contributed by atoms with Crippen LogP contribution in [-0.4, -0.2) is 0 Å². The first-order valence-corrected chi connectivity index (χ1v) is 11.8. The molecule has 4 bridgehead atoms. The Hall–Kier alpha value is -2.54. The third kappa shape index (κ3) is 2.35. The van der Waals surface area contributed by atoms with Crippen LogP contribution in [0.4, 0.5) is 5.69 Å². The summed E-state index contributed by atoms with van der Waals surface area (Å²) in [5, 5.41) is 0. The Labute approximate surface area is 179 Å². The molecule has 0 atom stereocenters. The number of nitrogen functional groups attached to an aromatic ring is 1. The maximum absolute atomic E-state index is 6.67. The second-order valence-corrected chi connectivity index (χ2v) is 10.7. The fourth-order valence-electron chi connectivity index (χ4n) is 8.05. The minimum atomic E-state index is 0.343. The number of benzene rings is 3. The number of nitrogens with two attached hydrogens (primary N) is 1. The van der Waals surface area contributed by atoms with Gasteiger partial charge < -0.3 is 5.73 Å². The smallest absolute Gasteiger partial charge is 0.0352 e. The van der Waals surface area contributed by atoms with Crippen LogP contribution in [0.25, 0.3) is 22.3 Å². The van der Waals surface area contributed by atoms with E-state index in [0.717, 1.165) is 29.9 Å². The monoisotopic (exact) mass is 391 g/mol. The van der Waals surface area contributed by atoms with Gasteiger partial charge in [0.15, 0.2) is 0 Å². The molecule has 4 saturated carbocycles. The summed E-state index contributed by atoms with van der Waals surface area (Å²) in [6.45, 7) is 0. The third-order valence-corrected chi connectivity index (χ3v) is 8.82. The molecule has 30 heavy (non-hydrogen) atoms. The Morgan fingerprint density at radius 1 is 0.700 bits per heavy atom. The van der Waals surface area contributed by atoms with Crippen LogP contribution in [0.15, 0.2) is 60.7 Å². The van der Waals surface area contributed by atoms with Gasteiger partial charge in [-0.25, -0.2) is 0 Å². The van der Waals surface area contributed by atoms with Crippen molar-refractivity contribution in [3.63, 3.8) is 0 Å². The van der Waals surface area contributed by atoms with Gasteiger partial charge in [0, 0.05) is 5.69 Å². The fourth-order valence-corrected chi connectivity index (χ4v) is 8.05. The third-order valence-electron chi connectivity index (χ3n) is 8.82. The van der Waals surface area contributed by atoms with E-state index in [1.807, 2.05) is 0 Å². The van der Waals surface area contributed by atoms with Gasteiger partial charge in [0.25, 0.3) is 0 Å². The lowest BCUT2D eigenvalue weighted by molar-refractivity contribution is -0.00481. The van der Waals surface area contributed by atoms with Crippen LogP contribution < -0.4 is 5.73 Å². The molecule has 0 spiro atoms. The summed E-state index contributed by atoms with van der Waals surface area (Å²) in [6, 6.07) is 22.7. The fraction of sp³-hybridized carbons (Fsp3) is 0.379. The van der Waals surface area contributed by atoms with Gasteiger partial charge in [0.1, 0.15) is 0 Å². The van der Waals surface area contributed by atoms with E-state index in [1.54, 1.807) is 0 Å². The van der Waals surface area contributed by atoms with Gasteiger partial charge in [-0.2, -0.15) is 0 Å². The Kier molecular flexibility index (Phi) is 3.44. The normalized spacial score (nSPS) is 30.3. The predicted molar refractivity (Wildman–Crippen MR) is 124 cm³/mol. The predicted octanol–water partition coefficient (Wildman–Crippen LogP) is 6.97. The van der Waals surface area contributed by atoms with E-state index in [0.29, 0.717) is 5.41 Å². The average Bonchev–Trinajstić information content (AvgIpc) is 3.12. The van der Waals surface area contributed by atoms with Crippen molar-refractivity contribution in [1.29, 1.82) is 0 Å². The minimum Gasteiger partial charge on any atom is -0.398 e. The highest BCUT2D eigenvalue weighted by atomic mass is 14.6. The van der Waals surface area contributed by atoms with Gasteiger partial charge in [-0.05, 0) is 119 Å². The Morgan fingerprint density at radius 2 is 1.37 bits per heavy atom. The van der Waals surface area contributed by atoms with Gasteiger partial charge in [-0.3, -0.25) is 0 Å². The average molecular weight is 392 g/mol. The maximum Gasteiger partial charge on any atom is 0.0352 e. The van der Waals surface area contributed by atoms with E-state index in [2.05, 4.69) is 60.7 Å². The van der Waals surface area contributed by atoms with Crippen molar-refractivity contribution in [2.24, 2.45) is 17.8 Å². The van der Waals surface area contributed by atoms with Crippen molar-refractivity contribution >= 4 is 5.69 Å². The zero-order valence-electron chi connectivity index (χ0n) is 17.5. The van der Waals surface area contributed by atoms with Crippen LogP contribution in [0.5, 0.6) is 0 Å². The first-order valence-electron chi connectivity index (χ1n) is 11.8. The molecule has 0 aromatic heterocycles. The van der Waals surface area contributed by atoms with E-state index in [1.165, 1.54) is 77.5 Å². The quantitative estimate of drug-likeness (QED) is 0.367. The van der Waals surface area contributed by atoms with Crippen molar-refractivity contribution in [2.45, 2.75) is 50.4 Å². The summed E-state index contributed by atoms with van der Waals surface area (Å²) in [6.07, 6.45) is 9.57. The molecule has 1 heteroatoms. The van der Waals surface area contributed by atoms with Crippen molar-refractivity contribution in [3.05, 3.63) is 77.4 Å². The molecule has 8 rings (SSSR count). The highest BCUT2D eigenvalue weighted by Crippen LogP contribution is 2.61. The molecule has 3 aromatic rings. The molecule has 0 amide bonds. The van der Waals surface area contributed by atoms with Gasteiger partial charge in [-0.15, -0.1) is 0 Å². The Morgan fingerprint density at radius 3 is 2.13 bits per heavy atom. The van der Waals surface area contributed by atoms with E-state index in [4.69, 9.17) is 5.73 Å². The molecular weight excluding hydrogens is 362 g/mol. The minimum absolute atomic E-state index is 0.343. The van der Waals surface area contributed by atoms with Crippen LogP contribution in [0, 0.1) is 17.8 Å². The summed E-state index contributed by atoms with van der Waals surface area (Å²) in [7, 11) is 0. The summed E-state index contributed by atoms with van der Waals surface area (Å²) >= 11 is 0. The van der Waals surface area contributed by atoms with E-state index in [9.17, 15) is 0 Å². The second kappa shape index (κ2) is 6.00. The lowest BCUT2D eigenvalue weighted by atomic mass is 9.48. The number of hydrogen-bond acceptors (Lipinski definition) is 1. The number of fused-ring (bicyclic) bond motifs is 3. The Balaban J connectivity index is 1.35. The van der Waals surface area contributed by atoms with Crippen molar-refractivity contribution < 1.29 is 0 Å². The molecule has 4 fully saturated rings. The lowest BCUT2D eigenvalue weighted by Crippen LogP contribution is -2.48. The summed E-state index contributed by atoms with van der Waals surface area (Å²) in [5.41, 5.74) is 18.0. The van der Waals surface area contributed by atoms with Gasteiger partial charge in [0.05, 0.1) is 0 Å². The number of hydrogen-bond donors (Lipinski definition) is 1. The second-order valence-electron chi connectivity index (χ2n) is 10.7. The van der Waals surface area contributed by atoms with Crippen LogP contribution in [0.3, 0.4) is 0 Å². The standard InChI is InChI=1S/C29H29N/c30-28-9-8-22(14-27(28)29-15-18-10-19(16-29)12-20(11-18)17-29)24-6-3-7-25-23-5-2-1-4-21(23)13-26(24)25/h1-9,14,18-20H,10-13,15-17,30H2. The van der Waals surface area contributed by atoms with Crippen molar-refractivity contribution in [2.75, 3.05) is 5.73 Å². The van der Waals surface area contributed by atoms with Gasteiger partial charge >= 0.3 is 0 Å². The first kappa shape index (κ1) is 17.2. The van der Waals surface area contributed by atoms with Crippen LogP contribution in [0.1, 0.15) is 55.2 Å². The molecule has 0 saturated heterocycles. The molecule has 0 unspecified atom stereocenters. The zero-order chi connectivity index (χ0) is 19.9. The molecule has 0 heterocycles. The molecule has 1 nitrogen and oxygen atoms in total. The molecule has 5 aliphatic rings. The number of rotatable bonds is 2. The number of anilines is 1. The van der Waals surface area contributed by atoms with Gasteiger partial charge in [0.2, 0.25) is 0 Å². The van der Waals surface area contributed by atoms with Crippen molar-refractivity contribution in [1.82, 2.24) is 0 Å². The maximum atomic E-state index is 6.67. The van der Waals surface area contributed by atoms with E-state index >= 15 is 0 Å². The molecule has 3 aromatic carbocycles. The Bertz CT molecular complexity index is 1140. The molecule has 0 radical (unpaired) electrons. The van der Waals surface area contributed by atoms with Crippen LogP contribution in [-0.2, 0) is 11.8 Å². The summed E-state index contributed by atoms with van der Waals surface area (Å²) in [4.78, 5) is 0. The molecule has 0 aliphatic heterocycles. The zero-order valence-corrected chi connectivity index (χ0v) is 17.5. The SMILES string of the molecule is Nc1ccc(-c2cccc3c2Cc2ccccc2-3)cc1C12CC3CC(CC(C3)C1)C2. The molecule has 5 aliphatic carbocycles. The van der Waals surface area contributed by atoms with Crippen LogP contribution in [0.2, 0.25) is 0 Å². The lowest BCUT2D eigenvalue weighted by Gasteiger charge is -2.57. The largest absolute Gasteiger partial charge is 0.398 e. The molecule has 150 valence electrons. The topological polar surface area (TPSA) is 26.0 Å². The van der Waals surface area contributed by atoms with E-state index < -0.39 is 0 Å². The summed E-state index contributed by atoms with van der Waals surface area (Å²) in [5.74, 6) is 2.82. The molecular formula is C29H29N. The summed E-state index contributed by atoms with van der Waals surface area (Å²) < 4.78 is 0. The van der Waals surface area contributed by atoms with Crippen molar-refractivity contribution in [3.8, 4) is 22.3 Å². The van der Waals surface area contributed by atoms with E-state index in [-0.39, 0.29) is 0 Å². The highest BCUT2D eigenvalue weighted by molar-refractivity contribution is 5.85. The highest BCUT2D eigenvalue weighted by Gasteiger charge is 2.52. The van der Waals surface area contributed by atoms with Crippen LogP contribution >= 0.6 is 0 Å². The molecule has 2 N–H and O–H groups in total.